The van der Waals surface area contributed by atoms with E-state index in [1.807, 2.05) is 30.3 Å². The summed E-state index contributed by atoms with van der Waals surface area (Å²) in [4.78, 5) is 0. The van der Waals surface area contributed by atoms with Gasteiger partial charge in [-0.25, -0.2) is 0 Å². The number of nitrogens with zero attached hydrogens (tertiary/aromatic N) is 2. The third kappa shape index (κ3) is 2.78. The Bertz CT molecular complexity index is 445. The lowest BCUT2D eigenvalue weighted by atomic mass is 10.2. The fourth-order valence-corrected chi connectivity index (χ4v) is 1.76. The van der Waals surface area contributed by atoms with Crippen LogP contribution in [0.25, 0.3) is 0 Å². The van der Waals surface area contributed by atoms with Crippen molar-refractivity contribution in [1.82, 2.24) is 5.01 Å². The van der Waals surface area contributed by atoms with Crippen LogP contribution in [0.1, 0.15) is 5.56 Å². The fraction of sp³-hybridized carbons (Fsp3) is 0.250. The van der Waals surface area contributed by atoms with Crippen LogP contribution in [0, 0.1) is 0 Å². The summed E-state index contributed by atoms with van der Waals surface area (Å²) >= 11 is 5.84. The zero-order valence-corrected chi connectivity index (χ0v) is 10.1. The van der Waals surface area contributed by atoms with Crippen molar-refractivity contribution in [1.29, 1.82) is 0 Å². The van der Waals surface area contributed by atoms with Crippen LogP contribution in [0.4, 0.5) is 0 Å². The second-order valence-corrected chi connectivity index (χ2v) is 4.03. The van der Waals surface area contributed by atoms with E-state index < -0.39 is 6.10 Å². The number of rotatable bonds is 3. The highest BCUT2D eigenvalue weighted by Gasteiger charge is 2.23. The van der Waals surface area contributed by atoms with E-state index in [2.05, 4.69) is 5.10 Å². The lowest BCUT2D eigenvalue weighted by Gasteiger charge is -2.24. The van der Waals surface area contributed by atoms with Crippen LogP contribution < -0.4 is 0 Å². The molecule has 5 heteroatoms. The predicted molar refractivity (Wildman–Crippen MR) is 66.4 cm³/mol. The number of hydrogen-bond acceptors (Lipinski definition) is 4. The first-order chi connectivity index (χ1) is 8.20. The van der Waals surface area contributed by atoms with Crippen molar-refractivity contribution in [3.8, 4) is 0 Å². The summed E-state index contributed by atoms with van der Waals surface area (Å²) < 4.78 is 5.05. The standard InChI is InChI=1S/C12H13ClN2O2/c1-17-10-8-15(14-12(13)11(10)16)7-9-5-3-2-4-6-9/h2-6,8,11,16H,7H2,1H3. The highest BCUT2D eigenvalue weighted by molar-refractivity contribution is 6.66. The number of halogens is 1. The molecule has 0 radical (unpaired) electrons. The second-order valence-electron chi connectivity index (χ2n) is 3.64. The molecule has 0 bridgehead atoms. The van der Waals surface area contributed by atoms with Crippen molar-refractivity contribution < 1.29 is 9.84 Å². The first kappa shape index (κ1) is 12.0. The summed E-state index contributed by atoms with van der Waals surface area (Å²) in [7, 11) is 1.49. The van der Waals surface area contributed by atoms with E-state index in [0.717, 1.165) is 5.56 Å². The number of hydrogen-bond donors (Lipinski definition) is 1. The molecule has 0 aliphatic carbocycles. The minimum absolute atomic E-state index is 0.111. The molecule has 0 fully saturated rings. The third-order valence-electron chi connectivity index (χ3n) is 2.42. The average Bonchev–Trinajstić information content (AvgIpc) is 2.35. The van der Waals surface area contributed by atoms with Crippen LogP contribution in [0.2, 0.25) is 0 Å². The van der Waals surface area contributed by atoms with Gasteiger partial charge < -0.3 is 9.84 Å². The Hall–Kier alpha value is -1.52. The monoisotopic (exact) mass is 252 g/mol. The van der Waals surface area contributed by atoms with Crippen molar-refractivity contribution >= 4 is 16.8 Å². The van der Waals surface area contributed by atoms with Crippen LogP contribution in [0.5, 0.6) is 0 Å². The average molecular weight is 253 g/mol. The summed E-state index contributed by atoms with van der Waals surface area (Å²) in [5.74, 6) is 0.390. The maximum Gasteiger partial charge on any atom is 0.167 e. The highest BCUT2D eigenvalue weighted by Crippen LogP contribution is 2.18. The van der Waals surface area contributed by atoms with Gasteiger partial charge in [-0.3, -0.25) is 5.01 Å². The van der Waals surface area contributed by atoms with E-state index in [1.54, 1.807) is 11.2 Å². The SMILES string of the molecule is COC1=CN(Cc2ccccc2)N=C(Cl)C1O. The molecule has 1 aliphatic heterocycles. The van der Waals surface area contributed by atoms with Gasteiger partial charge in [-0.1, -0.05) is 41.9 Å². The van der Waals surface area contributed by atoms with Gasteiger partial charge in [0.1, 0.15) is 5.76 Å². The molecule has 4 nitrogen and oxygen atoms in total. The molecule has 0 amide bonds. The molecule has 0 spiro atoms. The predicted octanol–water partition coefficient (Wildman–Crippen LogP) is 1.90. The maximum absolute atomic E-state index is 9.64. The van der Waals surface area contributed by atoms with E-state index in [-0.39, 0.29) is 5.17 Å². The largest absolute Gasteiger partial charge is 0.496 e. The first-order valence-electron chi connectivity index (χ1n) is 5.19. The number of aliphatic hydroxyl groups is 1. The number of methoxy groups -OCH3 is 1. The zero-order chi connectivity index (χ0) is 12.3. The molecule has 1 heterocycles. The molecule has 0 aromatic heterocycles. The van der Waals surface area contributed by atoms with Crippen molar-refractivity contribution in [2.45, 2.75) is 12.6 Å². The van der Waals surface area contributed by atoms with Gasteiger partial charge in [0.2, 0.25) is 0 Å². The summed E-state index contributed by atoms with van der Waals surface area (Å²) in [5, 5.41) is 15.5. The van der Waals surface area contributed by atoms with E-state index >= 15 is 0 Å². The van der Waals surface area contributed by atoms with E-state index in [9.17, 15) is 5.11 Å². The van der Waals surface area contributed by atoms with Gasteiger partial charge in [0.15, 0.2) is 11.3 Å². The summed E-state index contributed by atoms with van der Waals surface area (Å²) in [6.07, 6.45) is 0.678. The molecule has 2 rings (SSSR count). The number of hydrazone groups is 1. The Morgan fingerprint density at radius 3 is 2.76 bits per heavy atom. The first-order valence-corrected chi connectivity index (χ1v) is 5.57. The Balaban J connectivity index is 2.14. The molecular formula is C12H13ClN2O2. The van der Waals surface area contributed by atoms with Gasteiger partial charge in [-0.05, 0) is 5.56 Å². The lowest BCUT2D eigenvalue weighted by molar-refractivity contribution is 0.156. The van der Waals surface area contributed by atoms with E-state index in [4.69, 9.17) is 16.3 Å². The summed E-state index contributed by atoms with van der Waals surface area (Å²) in [6, 6.07) is 9.86. The molecule has 1 unspecified atom stereocenters. The van der Waals surface area contributed by atoms with Crippen LogP contribution >= 0.6 is 11.6 Å². The highest BCUT2D eigenvalue weighted by atomic mass is 35.5. The van der Waals surface area contributed by atoms with Crippen LogP contribution in [-0.2, 0) is 11.3 Å². The van der Waals surface area contributed by atoms with Crippen molar-refractivity contribution in [3.05, 3.63) is 47.9 Å². The normalized spacial score (nSPS) is 19.7. The van der Waals surface area contributed by atoms with Crippen LogP contribution in [0.3, 0.4) is 0 Å². The fourth-order valence-electron chi connectivity index (χ4n) is 1.56. The maximum atomic E-state index is 9.64. The minimum atomic E-state index is -0.964. The van der Waals surface area contributed by atoms with Crippen LogP contribution in [0.15, 0.2) is 47.4 Å². The molecular weight excluding hydrogens is 240 g/mol. The molecule has 1 aromatic carbocycles. The molecule has 1 atom stereocenters. The van der Waals surface area contributed by atoms with Crippen LogP contribution in [-0.4, -0.2) is 28.5 Å². The third-order valence-corrected chi connectivity index (χ3v) is 2.70. The van der Waals surface area contributed by atoms with Gasteiger partial charge in [0.05, 0.1) is 19.9 Å². The molecule has 0 saturated heterocycles. The van der Waals surface area contributed by atoms with E-state index in [1.165, 1.54) is 7.11 Å². The molecule has 0 saturated carbocycles. The van der Waals surface area contributed by atoms with Gasteiger partial charge in [-0.15, -0.1) is 0 Å². The quantitative estimate of drug-likeness (QED) is 0.894. The number of benzene rings is 1. The Kier molecular flexibility index (Phi) is 3.66. The number of aliphatic hydroxyl groups excluding tert-OH is 1. The van der Waals surface area contributed by atoms with E-state index in [0.29, 0.717) is 12.3 Å². The molecule has 1 aromatic rings. The topological polar surface area (TPSA) is 45.1 Å². The number of ether oxygens (including phenoxy) is 1. The molecule has 17 heavy (non-hydrogen) atoms. The minimum Gasteiger partial charge on any atom is -0.496 e. The Morgan fingerprint density at radius 2 is 2.12 bits per heavy atom. The molecule has 90 valence electrons. The van der Waals surface area contributed by atoms with Crippen molar-refractivity contribution in [2.75, 3.05) is 7.11 Å². The zero-order valence-electron chi connectivity index (χ0n) is 9.38. The second kappa shape index (κ2) is 5.21. The molecule has 1 aliphatic rings. The molecule has 1 N–H and O–H groups in total. The Morgan fingerprint density at radius 1 is 1.41 bits per heavy atom. The summed E-state index contributed by atoms with van der Waals surface area (Å²) in [5.41, 5.74) is 1.10. The van der Waals surface area contributed by atoms with Gasteiger partial charge >= 0.3 is 0 Å². The van der Waals surface area contributed by atoms with Crippen molar-refractivity contribution in [2.24, 2.45) is 5.10 Å². The van der Waals surface area contributed by atoms with Crippen molar-refractivity contribution in [3.63, 3.8) is 0 Å². The lowest BCUT2D eigenvalue weighted by Crippen LogP contribution is -2.29. The summed E-state index contributed by atoms with van der Waals surface area (Å²) in [6.45, 7) is 0.580. The van der Waals surface area contributed by atoms with Gasteiger partial charge in [0, 0.05) is 0 Å². The Labute approximate surface area is 105 Å². The van der Waals surface area contributed by atoms with Gasteiger partial charge in [-0.2, -0.15) is 5.10 Å². The van der Waals surface area contributed by atoms with Gasteiger partial charge in [0.25, 0.3) is 0 Å². The smallest absolute Gasteiger partial charge is 0.167 e.